The third-order valence-electron chi connectivity index (χ3n) is 1.88. The molecule has 4 heteroatoms. The summed E-state index contributed by atoms with van der Waals surface area (Å²) in [7, 11) is 0. The third kappa shape index (κ3) is 3.01. The predicted octanol–water partition coefficient (Wildman–Crippen LogP) is 3.37. The number of carboxylic acid groups (broad SMARTS) is 1. The molecule has 2 nitrogen and oxygen atoms in total. The summed E-state index contributed by atoms with van der Waals surface area (Å²) in [5.41, 5.74) is 0. The summed E-state index contributed by atoms with van der Waals surface area (Å²) in [5.74, 6) is -0.511. The van der Waals surface area contributed by atoms with Crippen molar-refractivity contribution in [2.24, 2.45) is 0 Å². The van der Waals surface area contributed by atoms with E-state index in [4.69, 9.17) is 16.7 Å². The number of halogens is 1. The van der Waals surface area contributed by atoms with Crippen molar-refractivity contribution in [1.82, 2.24) is 0 Å². The van der Waals surface area contributed by atoms with Gasteiger partial charge >= 0.3 is 5.97 Å². The zero-order valence-electron chi connectivity index (χ0n) is 7.29. The molecule has 0 aliphatic rings. The maximum atomic E-state index is 10.3. The molecule has 0 saturated heterocycles. The van der Waals surface area contributed by atoms with Gasteiger partial charge in [-0.1, -0.05) is 18.5 Å². The van der Waals surface area contributed by atoms with Crippen molar-refractivity contribution in [3.05, 3.63) is 21.3 Å². The molecule has 72 valence electrons. The molecule has 0 aliphatic carbocycles. The van der Waals surface area contributed by atoms with E-state index in [-0.39, 0.29) is 12.3 Å². The fourth-order valence-corrected chi connectivity index (χ4v) is 2.47. The topological polar surface area (TPSA) is 37.3 Å². The predicted molar refractivity (Wildman–Crippen MR) is 54.6 cm³/mol. The van der Waals surface area contributed by atoms with E-state index in [2.05, 4.69) is 0 Å². The van der Waals surface area contributed by atoms with Crippen LogP contribution in [0.2, 0.25) is 5.02 Å². The molecular weight excluding hydrogens is 208 g/mol. The standard InChI is InChI=1S/C9H11ClO2S/c1-6(2-3-8(11)12)9-7(10)4-5-13-9/h4-6H,2-3H2,1H3,(H,11,12). The highest BCUT2D eigenvalue weighted by atomic mass is 35.5. The van der Waals surface area contributed by atoms with Crippen LogP contribution < -0.4 is 0 Å². The first-order chi connectivity index (χ1) is 6.11. The minimum absolute atomic E-state index is 0.204. The maximum absolute atomic E-state index is 10.3. The Kier molecular flexibility index (Phi) is 3.75. The molecule has 0 aromatic carbocycles. The number of hydrogen-bond donors (Lipinski definition) is 1. The van der Waals surface area contributed by atoms with Crippen molar-refractivity contribution in [3.8, 4) is 0 Å². The Morgan fingerprint density at radius 2 is 2.46 bits per heavy atom. The molecule has 1 atom stereocenters. The molecule has 0 saturated carbocycles. The van der Waals surface area contributed by atoms with Crippen LogP contribution in [-0.2, 0) is 4.79 Å². The fraction of sp³-hybridized carbons (Fsp3) is 0.444. The molecule has 0 spiro atoms. The molecule has 1 rings (SSSR count). The van der Waals surface area contributed by atoms with Crippen molar-refractivity contribution in [1.29, 1.82) is 0 Å². The minimum atomic E-state index is -0.750. The van der Waals surface area contributed by atoms with Gasteiger partial charge in [0.1, 0.15) is 0 Å². The van der Waals surface area contributed by atoms with Crippen LogP contribution in [0.15, 0.2) is 11.4 Å². The van der Waals surface area contributed by atoms with E-state index < -0.39 is 5.97 Å². The van der Waals surface area contributed by atoms with E-state index in [1.807, 2.05) is 18.4 Å². The van der Waals surface area contributed by atoms with Gasteiger partial charge in [0.05, 0.1) is 5.02 Å². The first kappa shape index (κ1) is 10.5. The van der Waals surface area contributed by atoms with Gasteiger partial charge in [0.25, 0.3) is 0 Å². The van der Waals surface area contributed by atoms with Gasteiger partial charge in [0.2, 0.25) is 0 Å². The van der Waals surface area contributed by atoms with E-state index >= 15 is 0 Å². The molecule has 0 fully saturated rings. The summed E-state index contributed by atoms with van der Waals surface area (Å²) in [6, 6.07) is 1.85. The number of thiophene rings is 1. The molecule has 13 heavy (non-hydrogen) atoms. The van der Waals surface area contributed by atoms with Crippen LogP contribution in [0.1, 0.15) is 30.6 Å². The lowest BCUT2D eigenvalue weighted by Gasteiger charge is -2.07. The van der Waals surface area contributed by atoms with Gasteiger partial charge in [-0.15, -0.1) is 11.3 Å². The van der Waals surface area contributed by atoms with E-state index in [1.54, 1.807) is 11.3 Å². The Balaban J connectivity index is 2.53. The molecule has 1 aromatic rings. The van der Waals surface area contributed by atoms with Gasteiger partial charge < -0.3 is 5.11 Å². The molecule has 1 unspecified atom stereocenters. The summed E-state index contributed by atoms with van der Waals surface area (Å²) >= 11 is 7.50. The second-order valence-corrected chi connectivity index (χ2v) is 4.32. The first-order valence-corrected chi connectivity index (χ1v) is 5.31. The van der Waals surface area contributed by atoms with Crippen molar-refractivity contribution in [2.45, 2.75) is 25.7 Å². The molecule has 0 radical (unpaired) electrons. The Bertz CT molecular complexity index is 296. The van der Waals surface area contributed by atoms with Crippen molar-refractivity contribution in [3.63, 3.8) is 0 Å². The van der Waals surface area contributed by atoms with Crippen LogP contribution in [0.25, 0.3) is 0 Å². The number of rotatable bonds is 4. The second kappa shape index (κ2) is 4.63. The zero-order chi connectivity index (χ0) is 9.84. The Morgan fingerprint density at radius 1 is 1.77 bits per heavy atom. The Labute approximate surface area is 86.2 Å². The van der Waals surface area contributed by atoms with Crippen molar-refractivity contribution < 1.29 is 9.90 Å². The van der Waals surface area contributed by atoms with Gasteiger partial charge in [-0.25, -0.2) is 0 Å². The summed E-state index contributed by atoms with van der Waals surface area (Å²) in [5, 5.41) is 11.2. The molecule has 0 aliphatic heterocycles. The highest BCUT2D eigenvalue weighted by Gasteiger charge is 2.12. The highest BCUT2D eigenvalue weighted by Crippen LogP contribution is 2.32. The van der Waals surface area contributed by atoms with Crippen molar-refractivity contribution >= 4 is 28.9 Å². The number of carboxylic acids is 1. The lowest BCUT2D eigenvalue weighted by Crippen LogP contribution is -1.98. The number of aliphatic carboxylic acids is 1. The summed E-state index contributed by atoms with van der Waals surface area (Å²) < 4.78 is 0. The number of carbonyl (C=O) groups is 1. The van der Waals surface area contributed by atoms with Crippen LogP contribution in [0.5, 0.6) is 0 Å². The van der Waals surface area contributed by atoms with E-state index in [9.17, 15) is 4.79 Å². The van der Waals surface area contributed by atoms with Crippen molar-refractivity contribution in [2.75, 3.05) is 0 Å². The van der Waals surface area contributed by atoms with Gasteiger partial charge in [-0.3, -0.25) is 4.79 Å². The summed E-state index contributed by atoms with van der Waals surface area (Å²) in [4.78, 5) is 11.4. The monoisotopic (exact) mass is 218 g/mol. The van der Waals surface area contributed by atoms with Gasteiger partial charge in [0, 0.05) is 11.3 Å². The van der Waals surface area contributed by atoms with Gasteiger partial charge in [-0.05, 0) is 23.8 Å². The van der Waals surface area contributed by atoms with E-state index in [1.165, 1.54) is 0 Å². The SMILES string of the molecule is CC(CCC(=O)O)c1sccc1Cl. The van der Waals surface area contributed by atoms with E-state index in [0.29, 0.717) is 6.42 Å². The molecule has 1 aromatic heterocycles. The summed E-state index contributed by atoms with van der Waals surface area (Å²) in [6.07, 6.45) is 0.852. The highest BCUT2D eigenvalue weighted by molar-refractivity contribution is 7.10. The molecule has 0 bridgehead atoms. The second-order valence-electron chi connectivity index (χ2n) is 2.97. The Hall–Kier alpha value is -0.540. The average molecular weight is 219 g/mol. The number of hydrogen-bond acceptors (Lipinski definition) is 2. The Morgan fingerprint density at radius 3 is 2.92 bits per heavy atom. The van der Waals surface area contributed by atoms with Gasteiger partial charge in [-0.2, -0.15) is 0 Å². The maximum Gasteiger partial charge on any atom is 0.303 e. The normalized spacial score (nSPS) is 12.8. The third-order valence-corrected chi connectivity index (χ3v) is 3.47. The minimum Gasteiger partial charge on any atom is -0.481 e. The van der Waals surface area contributed by atoms with Crippen LogP contribution in [0.4, 0.5) is 0 Å². The fourth-order valence-electron chi connectivity index (χ4n) is 1.13. The molecule has 1 N–H and O–H groups in total. The molecular formula is C9H11ClO2S. The lowest BCUT2D eigenvalue weighted by atomic mass is 10.0. The summed E-state index contributed by atoms with van der Waals surface area (Å²) in [6.45, 7) is 2.00. The lowest BCUT2D eigenvalue weighted by molar-refractivity contribution is -0.137. The largest absolute Gasteiger partial charge is 0.481 e. The van der Waals surface area contributed by atoms with Crippen LogP contribution >= 0.6 is 22.9 Å². The molecule has 0 amide bonds. The smallest absolute Gasteiger partial charge is 0.303 e. The van der Waals surface area contributed by atoms with Gasteiger partial charge in [0.15, 0.2) is 0 Å². The van der Waals surface area contributed by atoms with E-state index in [0.717, 1.165) is 9.90 Å². The quantitative estimate of drug-likeness (QED) is 0.842. The molecule has 1 heterocycles. The van der Waals surface area contributed by atoms with Crippen LogP contribution in [0.3, 0.4) is 0 Å². The zero-order valence-corrected chi connectivity index (χ0v) is 8.86. The van der Waals surface area contributed by atoms with Crippen LogP contribution in [-0.4, -0.2) is 11.1 Å². The van der Waals surface area contributed by atoms with Crippen LogP contribution in [0, 0.1) is 0 Å². The first-order valence-electron chi connectivity index (χ1n) is 4.06. The average Bonchev–Trinajstić information content (AvgIpc) is 2.47.